The van der Waals surface area contributed by atoms with Gasteiger partial charge in [0.1, 0.15) is 0 Å². The molecule has 5 heteroatoms. The number of carbonyl (C=O) groups is 2. The molecule has 0 saturated carbocycles. The fourth-order valence-electron chi connectivity index (χ4n) is 1.57. The summed E-state index contributed by atoms with van der Waals surface area (Å²) < 4.78 is 4.69. The van der Waals surface area contributed by atoms with E-state index in [4.69, 9.17) is 9.84 Å². The van der Waals surface area contributed by atoms with Gasteiger partial charge in [-0.2, -0.15) is 0 Å². The summed E-state index contributed by atoms with van der Waals surface area (Å²) in [6, 6.07) is 8.08. The number of rotatable bonds is 3. The second-order valence-electron chi connectivity index (χ2n) is 3.54. The van der Waals surface area contributed by atoms with Crippen molar-refractivity contribution in [3.05, 3.63) is 46.8 Å². The van der Waals surface area contributed by atoms with Crippen molar-refractivity contribution in [3.8, 4) is 10.4 Å². The Hall–Kier alpha value is -2.14. The molecule has 0 aliphatic heterocycles. The Labute approximate surface area is 107 Å². The first-order valence-corrected chi connectivity index (χ1v) is 6.01. The Morgan fingerprint density at radius 2 is 1.83 bits per heavy atom. The molecule has 1 aromatic heterocycles. The molecule has 0 atom stereocenters. The number of ether oxygens (including phenoxy) is 1. The third-order valence-electron chi connectivity index (χ3n) is 2.46. The van der Waals surface area contributed by atoms with E-state index in [9.17, 15) is 9.59 Å². The van der Waals surface area contributed by atoms with Gasteiger partial charge >= 0.3 is 11.9 Å². The van der Waals surface area contributed by atoms with Crippen LogP contribution in [0.5, 0.6) is 0 Å². The molecule has 2 aromatic rings. The minimum atomic E-state index is -0.971. The van der Waals surface area contributed by atoms with Crippen LogP contribution in [-0.4, -0.2) is 24.2 Å². The van der Waals surface area contributed by atoms with Gasteiger partial charge in [0.25, 0.3) is 0 Å². The number of hydrogen-bond donors (Lipinski definition) is 1. The van der Waals surface area contributed by atoms with Crippen molar-refractivity contribution in [1.82, 2.24) is 0 Å². The Balaban J connectivity index is 2.40. The molecule has 0 amide bonds. The van der Waals surface area contributed by atoms with Crippen LogP contribution in [0.25, 0.3) is 10.4 Å². The molecule has 2 rings (SSSR count). The van der Waals surface area contributed by atoms with Crippen LogP contribution in [0, 0.1) is 0 Å². The zero-order valence-corrected chi connectivity index (χ0v) is 10.4. The lowest BCUT2D eigenvalue weighted by atomic mass is 10.1. The van der Waals surface area contributed by atoms with E-state index in [-0.39, 0.29) is 5.56 Å². The fourth-order valence-corrected chi connectivity index (χ4v) is 2.46. The fraction of sp³-hybridized carbons (Fsp3) is 0.0769. The molecular weight excluding hydrogens is 252 g/mol. The molecule has 1 N–H and O–H groups in total. The predicted molar refractivity (Wildman–Crippen MR) is 68.1 cm³/mol. The van der Waals surface area contributed by atoms with Gasteiger partial charge in [0.2, 0.25) is 0 Å². The largest absolute Gasteiger partial charge is 0.478 e. The molecule has 0 aliphatic rings. The number of carboxylic acid groups (broad SMARTS) is 1. The zero-order chi connectivity index (χ0) is 13.1. The van der Waals surface area contributed by atoms with Gasteiger partial charge in [-0.1, -0.05) is 12.1 Å². The van der Waals surface area contributed by atoms with Crippen LogP contribution in [0.3, 0.4) is 0 Å². The quantitative estimate of drug-likeness (QED) is 0.864. The molecule has 0 unspecified atom stereocenters. The number of esters is 1. The van der Waals surface area contributed by atoms with E-state index >= 15 is 0 Å². The number of thiophene rings is 1. The highest BCUT2D eigenvalue weighted by Gasteiger charge is 2.14. The van der Waals surface area contributed by atoms with Crippen LogP contribution in [0.2, 0.25) is 0 Å². The van der Waals surface area contributed by atoms with Gasteiger partial charge < -0.3 is 9.84 Å². The highest BCUT2D eigenvalue weighted by Crippen LogP contribution is 2.30. The highest BCUT2D eigenvalue weighted by molar-refractivity contribution is 7.14. The van der Waals surface area contributed by atoms with Crippen molar-refractivity contribution in [2.24, 2.45) is 0 Å². The maximum absolute atomic E-state index is 11.5. The first kappa shape index (κ1) is 12.3. The van der Waals surface area contributed by atoms with E-state index in [1.165, 1.54) is 30.6 Å². The standard InChI is InChI=1S/C13H10O4S/c1-17-13(16)10-6-7-18-11(10)8-2-4-9(5-3-8)12(14)15/h2-7H,1H3,(H,14,15). The first-order valence-electron chi connectivity index (χ1n) is 5.13. The average Bonchev–Trinajstić information content (AvgIpc) is 2.87. The van der Waals surface area contributed by atoms with Crippen molar-refractivity contribution in [2.75, 3.05) is 7.11 Å². The molecule has 4 nitrogen and oxygen atoms in total. The number of carboxylic acids is 1. The second-order valence-corrected chi connectivity index (χ2v) is 4.45. The summed E-state index contributed by atoms with van der Waals surface area (Å²) >= 11 is 1.41. The van der Waals surface area contributed by atoms with Crippen LogP contribution < -0.4 is 0 Å². The van der Waals surface area contributed by atoms with Crippen molar-refractivity contribution >= 4 is 23.3 Å². The molecular formula is C13H10O4S. The SMILES string of the molecule is COC(=O)c1ccsc1-c1ccc(C(=O)O)cc1. The minimum absolute atomic E-state index is 0.218. The Kier molecular flexibility index (Phi) is 3.43. The van der Waals surface area contributed by atoms with Crippen LogP contribution in [0.4, 0.5) is 0 Å². The second kappa shape index (κ2) is 5.01. The molecule has 92 valence electrons. The smallest absolute Gasteiger partial charge is 0.339 e. The van der Waals surface area contributed by atoms with Crippen LogP contribution in [-0.2, 0) is 4.74 Å². The summed E-state index contributed by atoms with van der Waals surface area (Å²) in [7, 11) is 1.33. The molecule has 0 spiro atoms. The summed E-state index contributed by atoms with van der Waals surface area (Å²) in [4.78, 5) is 23.1. The maximum Gasteiger partial charge on any atom is 0.339 e. The molecule has 18 heavy (non-hydrogen) atoms. The van der Waals surface area contributed by atoms with Crippen molar-refractivity contribution in [1.29, 1.82) is 0 Å². The van der Waals surface area contributed by atoms with Gasteiger partial charge in [0.05, 0.1) is 18.2 Å². The summed E-state index contributed by atoms with van der Waals surface area (Å²) in [6.07, 6.45) is 0. The third kappa shape index (κ3) is 2.26. The van der Waals surface area contributed by atoms with Crippen molar-refractivity contribution < 1.29 is 19.4 Å². The Morgan fingerprint density at radius 3 is 2.39 bits per heavy atom. The third-order valence-corrected chi connectivity index (χ3v) is 3.43. The van der Waals surface area contributed by atoms with Crippen LogP contribution >= 0.6 is 11.3 Å². The number of aromatic carboxylic acids is 1. The molecule has 0 fully saturated rings. The zero-order valence-electron chi connectivity index (χ0n) is 9.54. The van der Waals surface area contributed by atoms with E-state index < -0.39 is 11.9 Å². The minimum Gasteiger partial charge on any atom is -0.478 e. The topological polar surface area (TPSA) is 63.6 Å². The molecule has 1 aromatic carbocycles. The summed E-state index contributed by atoms with van der Waals surface area (Å²) in [5, 5.41) is 10.6. The van der Waals surface area contributed by atoms with E-state index in [0.717, 1.165) is 10.4 Å². The summed E-state index contributed by atoms with van der Waals surface area (Å²) in [5.41, 5.74) is 1.51. The van der Waals surface area contributed by atoms with E-state index in [1.54, 1.807) is 23.6 Å². The van der Waals surface area contributed by atoms with Gasteiger partial charge in [-0.05, 0) is 29.1 Å². The molecule has 0 saturated heterocycles. The normalized spacial score (nSPS) is 10.1. The number of hydrogen-bond acceptors (Lipinski definition) is 4. The monoisotopic (exact) mass is 262 g/mol. The lowest BCUT2D eigenvalue weighted by molar-refractivity contribution is 0.0601. The van der Waals surface area contributed by atoms with Gasteiger partial charge in [0, 0.05) is 4.88 Å². The van der Waals surface area contributed by atoms with E-state index in [2.05, 4.69) is 0 Å². The lowest BCUT2D eigenvalue weighted by Gasteiger charge is -2.03. The van der Waals surface area contributed by atoms with Crippen molar-refractivity contribution in [3.63, 3.8) is 0 Å². The number of benzene rings is 1. The van der Waals surface area contributed by atoms with E-state index in [0.29, 0.717) is 5.56 Å². The molecule has 0 radical (unpaired) electrons. The van der Waals surface area contributed by atoms with Crippen LogP contribution in [0.1, 0.15) is 20.7 Å². The highest BCUT2D eigenvalue weighted by atomic mass is 32.1. The van der Waals surface area contributed by atoms with Crippen molar-refractivity contribution in [2.45, 2.75) is 0 Å². The maximum atomic E-state index is 11.5. The van der Waals surface area contributed by atoms with Gasteiger partial charge in [-0.25, -0.2) is 9.59 Å². The molecule has 1 heterocycles. The molecule has 0 aliphatic carbocycles. The number of carbonyl (C=O) groups excluding carboxylic acids is 1. The van der Waals surface area contributed by atoms with E-state index in [1.807, 2.05) is 0 Å². The predicted octanol–water partition coefficient (Wildman–Crippen LogP) is 2.90. The average molecular weight is 262 g/mol. The summed E-state index contributed by atoms with van der Waals surface area (Å²) in [6.45, 7) is 0. The number of methoxy groups -OCH3 is 1. The Morgan fingerprint density at radius 1 is 1.17 bits per heavy atom. The first-order chi connectivity index (χ1) is 8.63. The van der Waals surface area contributed by atoms with Gasteiger partial charge in [0.15, 0.2) is 0 Å². The summed E-state index contributed by atoms with van der Waals surface area (Å²) in [5.74, 6) is -1.37. The van der Waals surface area contributed by atoms with Gasteiger partial charge in [-0.15, -0.1) is 11.3 Å². The lowest BCUT2D eigenvalue weighted by Crippen LogP contribution is -2.01. The Bertz CT molecular complexity index is 583. The van der Waals surface area contributed by atoms with Gasteiger partial charge in [-0.3, -0.25) is 0 Å². The molecule has 0 bridgehead atoms. The van der Waals surface area contributed by atoms with Crippen LogP contribution in [0.15, 0.2) is 35.7 Å².